The van der Waals surface area contributed by atoms with Crippen LogP contribution in [0.4, 0.5) is 5.69 Å². The minimum Gasteiger partial charge on any atom is -0.497 e. The van der Waals surface area contributed by atoms with Crippen molar-refractivity contribution in [1.82, 2.24) is 15.2 Å². The summed E-state index contributed by atoms with van der Waals surface area (Å²) in [4.78, 5) is 6.66. The molecule has 150 valence electrons. The Kier molecular flexibility index (Phi) is 7.41. The molecule has 0 bridgehead atoms. The van der Waals surface area contributed by atoms with Gasteiger partial charge in [0, 0.05) is 38.1 Å². The van der Waals surface area contributed by atoms with Crippen LogP contribution < -0.4 is 20.1 Å². The third kappa shape index (κ3) is 5.31. The SMILES string of the molecule is COc1ccc(OC)c(NC(=S)NC[C@H](c2cccnc2)N2CCOCC2)c1. The van der Waals surface area contributed by atoms with Gasteiger partial charge in [-0.05, 0) is 36.0 Å². The summed E-state index contributed by atoms with van der Waals surface area (Å²) in [7, 11) is 3.25. The Morgan fingerprint density at radius 3 is 2.75 bits per heavy atom. The van der Waals surface area contributed by atoms with Crippen LogP contribution in [-0.2, 0) is 4.74 Å². The van der Waals surface area contributed by atoms with E-state index in [4.69, 9.17) is 26.4 Å². The van der Waals surface area contributed by atoms with Crippen molar-refractivity contribution < 1.29 is 14.2 Å². The van der Waals surface area contributed by atoms with E-state index in [1.807, 2.05) is 30.5 Å². The van der Waals surface area contributed by atoms with Crippen LogP contribution in [0.15, 0.2) is 42.7 Å². The average molecular weight is 403 g/mol. The van der Waals surface area contributed by atoms with Gasteiger partial charge < -0.3 is 24.8 Å². The molecule has 2 N–H and O–H groups in total. The van der Waals surface area contributed by atoms with E-state index in [9.17, 15) is 0 Å². The first kappa shape index (κ1) is 20.3. The van der Waals surface area contributed by atoms with Crippen molar-refractivity contribution in [2.45, 2.75) is 6.04 Å². The molecule has 7 nitrogen and oxygen atoms in total. The van der Waals surface area contributed by atoms with Gasteiger partial charge in [-0.15, -0.1) is 0 Å². The topological polar surface area (TPSA) is 67.9 Å². The standard InChI is InChI=1S/C20H26N4O3S/c1-25-16-5-6-19(26-2)17(12-16)23-20(28)22-14-18(15-4-3-7-21-13-15)24-8-10-27-11-9-24/h3-7,12-13,18H,8-11,14H2,1-2H3,(H2,22,23,28)/t18-/m1/s1. The molecule has 1 aromatic heterocycles. The summed E-state index contributed by atoms with van der Waals surface area (Å²) in [5, 5.41) is 7.05. The molecule has 0 aliphatic carbocycles. The van der Waals surface area contributed by atoms with E-state index in [0.29, 0.717) is 17.4 Å². The number of anilines is 1. The number of aromatic nitrogens is 1. The summed E-state index contributed by atoms with van der Waals surface area (Å²) in [5.74, 6) is 1.43. The summed E-state index contributed by atoms with van der Waals surface area (Å²) >= 11 is 5.52. The molecule has 3 rings (SSSR count). The second kappa shape index (κ2) is 10.2. The molecule has 1 atom stereocenters. The fourth-order valence-corrected chi connectivity index (χ4v) is 3.38. The fourth-order valence-electron chi connectivity index (χ4n) is 3.19. The van der Waals surface area contributed by atoms with Gasteiger partial charge in [-0.1, -0.05) is 6.07 Å². The molecule has 1 saturated heterocycles. The molecule has 0 unspecified atom stereocenters. The van der Waals surface area contributed by atoms with Crippen LogP contribution in [0.2, 0.25) is 0 Å². The smallest absolute Gasteiger partial charge is 0.170 e. The predicted octanol–water partition coefficient (Wildman–Crippen LogP) is 2.46. The van der Waals surface area contributed by atoms with Gasteiger partial charge in [-0.3, -0.25) is 9.88 Å². The number of morpholine rings is 1. The summed E-state index contributed by atoms with van der Waals surface area (Å²) in [6, 6.07) is 9.75. The quantitative estimate of drug-likeness (QED) is 0.685. The lowest BCUT2D eigenvalue weighted by atomic mass is 10.1. The molecule has 2 heterocycles. The van der Waals surface area contributed by atoms with E-state index in [1.165, 1.54) is 0 Å². The van der Waals surface area contributed by atoms with Gasteiger partial charge >= 0.3 is 0 Å². The number of hydrogen-bond donors (Lipinski definition) is 2. The summed E-state index contributed by atoms with van der Waals surface area (Å²) in [6.45, 7) is 3.89. The Morgan fingerprint density at radius 2 is 2.07 bits per heavy atom. The number of thiocarbonyl (C=S) groups is 1. The zero-order chi connectivity index (χ0) is 19.8. The third-order valence-electron chi connectivity index (χ3n) is 4.67. The molecule has 8 heteroatoms. The Balaban J connectivity index is 1.67. The van der Waals surface area contributed by atoms with Crippen molar-refractivity contribution in [3.05, 3.63) is 48.3 Å². The van der Waals surface area contributed by atoms with E-state index in [0.717, 1.165) is 43.3 Å². The molecule has 1 fully saturated rings. The molecule has 1 aliphatic rings. The largest absolute Gasteiger partial charge is 0.497 e. The van der Waals surface area contributed by atoms with Crippen molar-refractivity contribution in [2.75, 3.05) is 52.4 Å². The van der Waals surface area contributed by atoms with Crippen molar-refractivity contribution in [1.29, 1.82) is 0 Å². The number of benzene rings is 1. The molecule has 28 heavy (non-hydrogen) atoms. The zero-order valence-corrected chi connectivity index (χ0v) is 17.0. The van der Waals surface area contributed by atoms with Crippen LogP contribution in [0, 0.1) is 0 Å². The van der Waals surface area contributed by atoms with Crippen LogP contribution >= 0.6 is 12.2 Å². The molecule has 0 amide bonds. The van der Waals surface area contributed by atoms with Gasteiger partial charge in [0.15, 0.2) is 5.11 Å². The Morgan fingerprint density at radius 1 is 1.25 bits per heavy atom. The van der Waals surface area contributed by atoms with Gasteiger partial charge in [-0.25, -0.2) is 0 Å². The molecule has 2 aromatic rings. The highest BCUT2D eigenvalue weighted by atomic mass is 32.1. The maximum Gasteiger partial charge on any atom is 0.170 e. The lowest BCUT2D eigenvalue weighted by molar-refractivity contribution is 0.0170. The molecular formula is C20H26N4O3S. The number of hydrogen-bond acceptors (Lipinski definition) is 6. The monoisotopic (exact) mass is 402 g/mol. The van der Waals surface area contributed by atoms with Gasteiger partial charge in [-0.2, -0.15) is 0 Å². The first-order chi connectivity index (χ1) is 13.7. The highest BCUT2D eigenvalue weighted by Gasteiger charge is 2.23. The number of ether oxygens (including phenoxy) is 3. The molecular weight excluding hydrogens is 376 g/mol. The normalized spacial score (nSPS) is 15.5. The molecule has 1 aliphatic heterocycles. The Hall–Kier alpha value is -2.42. The van der Waals surface area contributed by atoms with E-state index in [-0.39, 0.29) is 6.04 Å². The van der Waals surface area contributed by atoms with Crippen LogP contribution in [0.5, 0.6) is 11.5 Å². The fraction of sp³-hybridized carbons (Fsp3) is 0.400. The number of pyridine rings is 1. The van der Waals surface area contributed by atoms with Gasteiger partial charge in [0.1, 0.15) is 11.5 Å². The lowest BCUT2D eigenvalue weighted by Crippen LogP contribution is -2.44. The Bertz CT molecular complexity index is 769. The van der Waals surface area contributed by atoms with Crippen LogP contribution in [0.25, 0.3) is 0 Å². The number of rotatable bonds is 7. The maximum absolute atomic E-state index is 5.52. The lowest BCUT2D eigenvalue weighted by Gasteiger charge is -2.35. The minimum absolute atomic E-state index is 0.157. The summed E-state index contributed by atoms with van der Waals surface area (Å²) in [5.41, 5.74) is 1.90. The average Bonchev–Trinajstić information content (AvgIpc) is 2.75. The number of nitrogens with one attached hydrogen (secondary N) is 2. The van der Waals surface area contributed by atoms with Crippen molar-refractivity contribution >= 4 is 23.0 Å². The molecule has 0 radical (unpaired) electrons. The van der Waals surface area contributed by atoms with Gasteiger partial charge in [0.25, 0.3) is 0 Å². The second-order valence-corrected chi connectivity index (χ2v) is 6.76. The number of nitrogens with zero attached hydrogens (tertiary/aromatic N) is 2. The zero-order valence-electron chi connectivity index (χ0n) is 16.2. The highest BCUT2D eigenvalue weighted by Crippen LogP contribution is 2.29. The van der Waals surface area contributed by atoms with E-state index in [2.05, 4.69) is 26.6 Å². The maximum atomic E-state index is 5.52. The van der Waals surface area contributed by atoms with E-state index in [1.54, 1.807) is 20.4 Å². The molecule has 0 saturated carbocycles. The predicted molar refractivity (Wildman–Crippen MR) is 113 cm³/mol. The van der Waals surface area contributed by atoms with Crippen molar-refractivity contribution in [3.63, 3.8) is 0 Å². The van der Waals surface area contributed by atoms with Crippen molar-refractivity contribution in [2.24, 2.45) is 0 Å². The first-order valence-corrected chi connectivity index (χ1v) is 9.60. The highest BCUT2D eigenvalue weighted by molar-refractivity contribution is 7.80. The van der Waals surface area contributed by atoms with Gasteiger partial charge in [0.05, 0.1) is 39.2 Å². The van der Waals surface area contributed by atoms with Crippen LogP contribution in [0.3, 0.4) is 0 Å². The second-order valence-electron chi connectivity index (χ2n) is 6.35. The third-order valence-corrected chi connectivity index (χ3v) is 4.91. The molecule has 0 spiro atoms. The number of methoxy groups -OCH3 is 2. The summed E-state index contributed by atoms with van der Waals surface area (Å²) < 4.78 is 16.2. The van der Waals surface area contributed by atoms with E-state index < -0.39 is 0 Å². The van der Waals surface area contributed by atoms with Crippen LogP contribution in [0.1, 0.15) is 11.6 Å². The van der Waals surface area contributed by atoms with Crippen molar-refractivity contribution in [3.8, 4) is 11.5 Å². The van der Waals surface area contributed by atoms with Gasteiger partial charge in [0.2, 0.25) is 0 Å². The molecule has 1 aromatic carbocycles. The minimum atomic E-state index is 0.157. The Labute approximate surface area is 171 Å². The van der Waals surface area contributed by atoms with Crippen LogP contribution in [-0.4, -0.2) is 62.1 Å². The van der Waals surface area contributed by atoms with E-state index >= 15 is 0 Å². The first-order valence-electron chi connectivity index (χ1n) is 9.20. The summed E-state index contributed by atoms with van der Waals surface area (Å²) in [6.07, 6.45) is 3.69.